The molecule has 1 rings (SSSR count). The first-order valence-corrected chi connectivity index (χ1v) is 3.63. The Labute approximate surface area is 60.6 Å². The molecule has 56 valence electrons. The van der Waals surface area contributed by atoms with Gasteiger partial charge in [0.25, 0.3) is 0 Å². The number of carbonyl (C=O) groups excluding carboxylic acids is 2. The average molecular weight is 140 g/mol. The molecule has 0 saturated heterocycles. The summed E-state index contributed by atoms with van der Waals surface area (Å²) in [6, 6.07) is 0. The number of Topliss-reactive ketones (excluding diaryl/α,β-unsaturated/α-hetero) is 2. The number of carbonyl (C=O) groups is 2. The van der Waals surface area contributed by atoms with E-state index in [0.29, 0.717) is 12.8 Å². The van der Waals surface area contributed by atoms with Crippen molar-refractivity contribution in [2.45, 2.75) is 26.7 Å². The van der Waals surface area contributed by atoms with E-state index in [1.807, 2.05) is 6.92 Å². The first kappa shape index (κ1) is 7.45. The monoisotopic (exact) mass is 140 g/mol. The normalized spacial score (nSPS) is 32.8. The highest BCUT2D eigenvalue weighted by Crippen LogP contribution is 2.28. The largest absolute Gasteiger partial charge is 0.300 e. The Balaban J connectivity index is 2.63. The van der Waals surface area contributed by atoms with Crippen LogP contribution < -0.4 is 0 Å². The summed E-state index contributed by atoms with van der Waals surface area (Å²) in [4.78, 5) is 21.7. The van der Waals surface area contributed by atoms with E-state index in [1.165, 1.54) is 0 Å². The van der Waals surface area contributed by atoms with Gasteiger partial charge in [-0.1, -0.05) is 6.92 Å². The lowest BCUT2D eigenvalue weighted by atomic mass is 9.95. The molecule has 2 atom stereocenters. The van der Waals surface area contributed by atoms with Crippen molar-refractivity contribution < 1.29 is 9.59 Å². The third kappa shape index (κ3) is 1.25. The van der Waals surface area contributed by atoms with Gasteiger partial charge in [-0.25, -0.2) is 0 Å². The third-order valence-corrected chi connectivity index (χ3v) is 2.21. The standard InChI is InChI=1S/C8H12O2/c1-5-3-7(10)4-8(5)6(2)9/h5,8H,3-4H2,1-2H3. The van der Waals surface area contributed by atoms with Crippen LogP contribution in [-0.2, 0) is 9.59 Å². The Morgan fingerprint density at radius 2 is 2.10 bits per heavy atom. The topological polar surface area (TPSA) is 34.1 Å². The fourth-order valence-corrected chi connectivity index (χ4v) is 1.58. The van der Waals surface area contributed by atoms with Crippen LogP contribution in [0.2, 0.25) is 0 Å². The predicted molar refractivity (Wildman–Crippen MR) is 37.6 cm³/mol. The molecule has 10 heavy (non-hydrogen) atoms. The lowest BCUT2D eigenvalue weighted by Crippen LogP contribution is -2.12. The van der Waals surface area contributed by atoms with Gasteiger partial charge in [-0.05, 0) is 12.8 Å². The van der Waals surface area contributed by atoms with Crippen LogP contribution in [0.3, 0.4) is 0 Å². The van der Waals surface area contributed by atoms with Gasteiger partial charge >= 0.3 is 0 Å². The zero-order chi connectivity index (χ0) is 7.72. The molecule has 1 aliphatic carbocycles. The molecular formula is C8H12O2. The minimum Gasteiger partial charge on any atom is -0.300 e. The Hall–Kier alpha value is -0.660. The highest BCUT2D eigenvalue weighted by atomic mass is 16.1. The quantitative estimate of drug-likeness (QED) is 0.548. The second-order valence-corrected chi connectivity index (χ2v) is 3.14. The average Bonchev–Trinajstić information content (AvgIpc) is 2.10. The zero-order valence-electron chi connectivity index (χ0n) is 6.39. The SMILES string of the molecule is CC(=O)C1CC(=O)CC1C. The van der Waals surface area contributed by atoms with Gasteiger partial charge in [0.1, 0.15) is 11.6 Å². The summed E-state index contributed by atoms with van der Waals surface area (Å²) in [5.74, 6) is 0.712. The highest BCUT2D eigenvalue weighted by molar-refractivity contribution is 5.90. The molecule has 0 heterocycles. The van der Waals surface area contributed by atoms with E-state index in [4.69, 9.17) is 0 Å². The van der Waals surface area contributed by atoms with E-state index in [2.05, 4.69) is 0 Å². The summed E-state index contributed by atoms with van der Waals surface area (Å²) >= 11 is 0. The third-order valence-electron chi connectivity index (χ3n) is 2.21. The molecule has 0 spiro atoms. The summed E-state index contributed by atoms with van der Waals surface area (Å²) < 4.78 is 0. The van der Waals surface area contributed by atoms with Crippen LogP contribution in [0.25, 0.3) is 0 Å². The van der Waals surface area contributed by atoms with Gasteiger partial charge in [-0.2, -0.15) is 0 Å². The van der Waals surface area contributed by atoms with Gasteiger partial charge in [-0.15, -0.1) is 0 Å². The van der Waals surface area contributed by atoms with Gasteiger partial charge in [-0.3, -0.25) is 9.59 Å². The van der Waals surface area contributed by atoms with E-state index >= 15 is 0 Å². The lowest BCUT2D eigenvalue weighted by molar-refractivity contribution is -0.123. The molecule has 1 saturated carbocycles. The van der Waals surface area contributed by atoms with Crippen molar-refractivity contribution in [2.24, 2.45) is 11.8 Å². The van der Waals surface area contributed by atoms with Crippen LogP contribution in [0.5, 0.6) is 0 Å². The van der Waals surface area contributed by atoms with E-state index < -0.39 is 0 Å². The molecule has 1 aliphatic rings. The molecule has 2 heteroatoms. The van der Waals surface area contributed by atoms with E-state index in [-0.39, 0.29) is 23.4 Å². The molecule has 2 nitrogen and oxygen atoms in total. The van der Waals surface area contributed by atoms with Crippen molar-refractivity contribution in [3.63, 3.8) is 0 Å². The van der Waals surface area contributed by atoms with Crippen LogP contribution in [0.1, 0.15) is 26.7 Å². The molecule has 0 amide bonds. The van der Waals surface area contributed by atoms with Crippen molar-refractivity contribution in [3.8, 4) is 0 Å². The fraction of sp³-hybridized carbons (Fsp3) is 0.750. The van der Waals surface area contributed by atoms with Gasteiger partial charge in [0, 0.05) is 18.8 Å². The number of rotatable bonds is 1. The highest BCUT2D eigenvalue weighted by Gasteiger charge is 2.32. The maximum Gasteiger partial charge on any atom is 0.133 e. The van der Waals surface area contributed by atoms with Crippen molar-refractivity contribution in [1.82, 2.24) is 0 Å². The molecule has 0 aromatic heterocycles. The van der Waals surface area contributed by atoms with Crippen LogP contribution in [-0.4, -0.2) is 11.6 Å². The molecule has 0 aliphatic heterocycles. The molecule has 0 aromatic rings. The summed E-state index contributed by atoms with van der Waals surface area (Å²) in [7, 11) is 0. The molecule has 0 N–H and O–H groups in total. The minimum atomic E-state index is 0.0208. The van der Waals surface area contributed by atoms with Gasteiger partial charge in [0.15, 0.2) is 0 Å². The molecule has 2 unspecified atom stereocenters. The van der Waals surface area contributed by atoms with E-state index in [0.717, 1.165) is 0 Å². The number of hydrogen-bond acceptors (Lipinski definition) is 2. The summed E-state index contributed by atoms with van der Waals surface area (Å²) in [5.41, 5.74) is 0. The first-order valence-electron chi connectivity index (χ1n) is 3.63. The maximum atomic E-state index is 10.8. The van der Waals surface area contributed by atoms with Crippen LogP contribution in [0.15, 0.2) is 0 Å². The van der Waals surface area contributed by atoms with E-state index in [1.54, 1.807) is 6.92 Å². The Bertz CT molecular complexity index is 172. The molecule has 1 fully saturated rings. The van der Waals surface area contributed by atoms with Gasteiger partial charge < -0.3 is 0 Å². The van der Waals surface area contributed by atoms with Crippen molar-refractivity contribution in [3.05, 3.63) is 0 Å². The van der Waals surface area contributed by atoms with Gasteiger partial charge in [0.2, 0.25) is 0 Å². The van der Waals surface area contributed by atoms with Crippen LogP contribution in [0, 0.1) is 11.8 Å². The van der Waals surface area contributed by atoms with Gasteiger partial charge in [0.05, 0.1) is 0 Å². The second-order valence-electron chi connectivity index (χ2n) is 3.14. The Morgan fingerprint density at radius 1 is 1.50 bits per heavy atom. The molecular weight excluding hydrogens is 128 g/mol. The Morgan fingerprint density at radius 3 is 2.30 bits per heavy atom. The van der Waals surface area contributed by atoms with Crippen LogP contribution >= 0.6 is 0 Å². The lowest BCUT2D eigenvalue weighted by Gasteiger charge is -2.07. The molecule has 0 radical (unpaired) electrons. The number of ketones is 2. The van der Waals surface area contributed by atoms with E-state index in [9.17, 15) is 9.59 Å². The molecule has 0 bridgehead atoms. The van der Waals surface area contributed by atoms with Crippen molar-refractivity contribution in [1.29, 1.82) is 0 Å². The molecule has 0 aromatic carbocycles. The second kappa shape index (κ2) is 2.52. The van der Waals surface area contributed by atoms with Crippen molar-refractivity contribution >= 4 is 11.6 Å². The fourth-order valence-electron chi connectivity index (χ4n) is 1.58. The minimum absolute atomic E-state index is 0.0208. The number of hydrogen-bond donors (Lipinski definition) is 0. The Kier molecular flexibility index (Phi) is 1.88. The maximum absolute atomic E-state index is 10.8. The summed E-state index contributed by atoms with van der Waals surface area (Å²) in [6.07, 6.45) is 1.08. The van der Waals surface area contributed by atoms with Crippen molar-refractivity contribution in [2.75, 3.05) is 0 Å². The predicted octanol–water partition coefficient (Wildman–Crippen LogP) is 1.19. The summed E-state index contributed by atoms with van der Waals surface area (Å²) in [5, 5.41) is 0. The smallest absolute Gasteiger partial charge is 0.133 e. The summed E-state index contributed by atoms with van der Waals surface area (Å²) in [6.45, 7) is 3.54. The first-order chi connectivity index (χ1) is 4.61. The van der Waals surface area contributed by atoms with Crippen LogP contribution in [0.4, 0.5) is 0 Å². The zero-order valence-corrected chi connectivity index (χ0v) is 6.39.